The van der Waals surface area contributed by atoms with Gasteiger partial charge in [0.15, 0.2) is 5.78 Å². The lowest BCUT2D eigenvalue weighted by atomic mass is 9.79. The maximum absolute atomic E-state index is 12.3. The zero-order chi connectivity index (χ0) is 12.2. The number of hydrogen-bond donors (Lipinski definition) is 1. The number of hydrogen-bond acceptors (Lipinski definition) is 2. The van der Waals surface area contributed by atoms with E-state index in [1.54, 1.807) is 6.07 Å². The molecule has 2 aliphatic carbocycles. The normalized spacial score (nSPS) is 26.8. The van der Waals surface area contributed by atoms with Gasteiger partial charge in [0, 0.05) is 11.5 Å². The summed E-state index contributed by atoms with van der Waals surface area (Å²) in [6.45, 7) is 0. The molecule has 0 spiro atoms. The van der Waals surface area contributed by atoms with Crippen molar-refractivity contribution in [1.82, 2.24) is 0 Å². The van der Waals surface area contributed by atoms with Gasteiger partial charge in [-0.2, -0.15) is 0 Å². The van der Waals surface area contributed by atoms with Gasteiger partial charge in [-0.15, -0.1) is 0 Å². The van der Waals surface area contributed by atoms with Crippen LogP contribution >= 0.6 is 23.2 Å². The van der Waals surface area contributed by atoms with Crippen LogP contribution in [0.2, 0.25) is 10.0 Å². The minimum atomic E-state index is -0.0190. The molecule has 0 unspecified atom stereocenters. The van der Waals surface area contributed by atoms with Gasteiger partial charge in [0.2, 0.25) is 0 Å². The Kier molecular flexibility index (Phi) is 2.60. The van der Waals surface area contributed by atoms with E-state index in [2.05, 4.69) is 0 Å². The first-order valence-electron chi connectivity index (χ1n) is 5.86. The van der Waals surface area contributed by atoms with Gasteiger partial charge < -0.3 is 5.11 Å². The van der Waals surface area contributed by atoms with Crippen molar-refractivity contribution in [2.45, 2.75) is 31.6 Å². The molecule has 0 amide bonds. The number of carbonyl (C=O) groups excluding carboxylic acids is 1. The summed E-state index contributed by atoms with van der Waals surface area (Å²) in [5.74, 6) is 0.368. The number of phenolic OH excluding ortho intramolecular Hbond substituents is 1. The minimum Gasteiger partial charge on any atom is -0.506 e. The molecule has 0 bridgehead atoms. The topological polar surface area (TPSA) is 37.3 Å². The average molecular weight is 271 g/mol. The molecule has 0 radical (unpaired) electrons. The molecule has 90 valence electrons. The number of benzene rings is 1. The van der Waals surface area contributed by atoms with Crippen LogP contribution in [0, 0.1) is 5.92 Å². The largest absolute Gasteiger partial charge is 0.506 e. The lowest BCUT2D eigenvalue weighted by Gasteiger charge is -2.24. The maximum atomic E-state index is 12.3. The van der Waals surface area contributed by atoms with Crippen molar-refractivity contribution < 1.29 is 9.90 Å². The van der Waals surface area contributed by atoms with Crippen molar-refractivity contribution in [3.05, 3.63) is 27.2 Å². The van der Waals surface area contributed by atoms with Crippen LogP contribution in [0.25, 0.3) is 0 Å². The number of phenols is 1. The van der Waals surface area contributed by atoms with Crippen molar-refractivity contribution in [1.29, 1.82) is 0 Å². The maximum Gasteiger partial charge on any atom is 0.168 e. The number of halogens is 2. The van der Waals surface area contributed by atoms with Crippen LogP contribution in [-0.4, -0.2) is 10.9 Å². The van der Waals surface area contributed by atoms with Crippen molar-refractivity contribution in [2.75, 3.05) is 0 Å². The second-order valence-corrected chi connectivity index (χ2v) is 5.61. The van der Waals surface area contributed by atoms with E-state index >= 15 is 0 Å². The molecule has 2 aliphatic rings. The van der Waals surface area contributed by atoms with E-state index in [0.717, 1.165) is 31.2 Å². The van der Waals surface area contributed by atoms with Crippen LogP contribution in [0.5, 0.6) is 5.75 Å². The van der Waals surface area contributed by atoms with Crippen LogP contribution in [0.3, 0.4) is 0 Å². The highest BCUT2D eigenvalue weighted by atomic mass is 35.5. The molecule has 2 atom stereocenters. The minimum absolute atomic E-state index is 0.0190. The highest BCUT2D eigenvalue weighted by Crippen LogP contribution is 2.51. The van der Waals surface area contributed by atoms with E-state index < -0.39 is 0 Å². The van der Waals surface area contributed by atoms with Gasteiger partial charge in [-0.25, -0.2) is 0 Å². The summed E-state index contributed by atoms with van der Waals surface area (Å²) in [7, 11) is 0. The SMILES string of the molecule is O=C1c2c(cc(O)c(Cl)c2Cl)[C@H]2CCCC[C@@H]12. The molecule has 1 aromatic rings. The third kappa shape index (κ3) is 1.50. The molecule has 0 aliphatic heterocycles. The summed E-state index contributed by atoms with van der Waals surface area (Å²) in [6, 6.07) is 1.62. The average Bonchev–Trinajstić information content (AvgIpc) is 2.61. The number of ketones is 1. The molecule has 3 rings (SSSR count). The molecule has 1 N–H and O–H groups in total. The van der Waals surface area contributed by atoms with Gasteiger partial charge >= 0.3 is 0 Å². The fourth-order valence-corrected chi connectivity index (χ4v) is 3.63. The van der Waals surface area contributed by atoms with Crippen LogP contribution in [0.15, 0.2) is 6.07 Å². The molecule has 0 heterocycles. The zero-order valence-electron chi connectivity index (χ0n) is 9.17. The summed E-state index contributed by atoms with van der Waals surface area (Å²) in [5.41, 5.74) is 1.44. The number of aromatic hydroxyl groups is 1. The molecule has 1 saturated carbocycles. The van der Waals surface area contributed by atoms with Crippen molar-refractivity contribution in [3.8, 4) is 5.75 Å². The predicted octanol–water partition coefficient (Wildman–Crippen LogP) is 4.17. The molecule has 1 aromatic carbocycles. The van der Waals surface area contributed by atoms with Crippen molar-refractivity contribution >= 4 is 29.0 Å². The van der Waals surface area contributed by atoms with Gasteiger partial charge in [0.25, 0.3) is 0 Å². The number of rotatable bonds is 0. The van der Waals surface area contributed by atoms with Gasteiger partial charge in [0.1, 0.15) is 10.8 Å². The predicted molar refractivity (Wildman–Crippen MR) is 67.2 cm³/mol. The number of fused-ring (bicyclic) bond motifs is 3. The fourth-order valence-electron chi connectivity index (χ4n) is 3.18. The Labute approximate surface area is 110 Å². The Morgan fingerprint density at radius 3 is 2.47 bits per heavy atom. The molecular formula is C13H12Cl2O2. The number of carbonyl (C=O) groups is 1. The Morgan fingerprint density at radius 1 is 1.12 bits per heavy atom. The van der Waals surface area contributed by atoms with Gasteiger partial charge in [-0.05, 0) is 30.4 Å². The fraction of sp³-hybridized carbons (Fsp3) is 0.462. The van der Waals surface area contributed by atoms with Crippen LogP contribution in [0.1, 0.15) is 47.5 Å². The van der Waals surface area contributed by atoms with Crippen LogP contribution in [0.4, 0.5) is 0 Å². The third-order valence-electron chi connectivity index (χ3n) is 3.97. The number of Topliss-reactive ketones (excluding diaryl/α,β-unsaturated/α-hetero) is 1. The smallest absolute Gasteiger partial charge is 0.168 e. The van der Waals surface area contributed by atoms with E-state index in [1.807, 2.05) is 0 Å². The second-order valence-electron chi connectivity index (χ2n) is 4.85. The lowest BCUT2D eigenvalue weighted by molar-refractivity contribution is 0.0898. The summed E-state index contributed by atoms with van der Waals surface area (Å²) in [5, 5.41) is 10.0. The van der Waals surface area contributed by atoms with E-state index in [4.69, 9.17) is 23.2 Å². The lowest BCUT2D eigenvalue weighted by Crippen LogP contribution is -2.17. The first kappa shape index (κ1) is 11.4. The summed E-state index contributed by atoms with van der Waals surface area (Å²) >= 11 is 12.0. The highest BCUT2D eigenvalue weighted by Gasteiger charge is 2.43. The van der Waals surface area contributed by atoms with E-state index in [-0.39, 0.29) is 33.4 Å². The van der Waals surface area contributed by atoms with Crippen LogP contribution < -0.4 is 0 Å². The van der Waals surface area contributed by atoms with E-state index in [1.165, 1.54) is 0 Å². The summed E-state index contributed by atoms with van der Waals surface area (Å²) in [6.07, 6.45) is 4.15. The van der Waals surface area contributed by atoms with Gasteiger partial charge in [-0.1, -0.05) is 36.0 Å². The van der Waals surface area contributed by atoms with E-state index in [9.17, 15) is 9.90 Å². The monoisotopic (exact) mass is 270 g/mol. The van der Waals surface area contributed by atoms with E-state index in [0.29, 0.717) is 5.56 Å². The van der Waals surface area contributed by atoms with Gasteiger partial charge in [0.05, 0.1) is 5.02 Å². The Bertz CT molecular complexity index is 511. The molecule has 0 saturated heterocycles. The van der Waals surface area contributed by atoms with Crippen molar-refractivity contribution in [3.63, 3.8) is 0 Å². The molecule has 4 heteroatoms. The Morgan fingerprint density at radius 2 is 1.76 bits per heavy atom. The summed E-state index contributed by atoms with van der Waals surface area (Å²) < 4.78 is 0. The second kappa shape index (κ2) is 3.89. The highest BCUT2D eigenvalue weighted by molar-refractivity contribution is 6.45. The molecule has 2 nitrogen and oxygen atoms in total. The standard InChI is InChI=1S/C13H12Cl2O2/c14-11-9(16)5-8-6-3-1-2-4-7(6)13(17)10(8)12(11)15/h5-7,16H,1-4H2/t6-,7+/m0/s1. The third-order valence-corrected chi connectivity index (χ3v) is 4.82. The van der Waals surface area contributed by atoms with Gasteiger partial charge in [-0.3, -0.25) is 4.79 Å². The molecular weight excluding hydrogens is 259 g/mol. The first-order valence-corrected chi connectivity index (χ1v) is 6.62. The van der Waals surface area contributed by atoms with Crippen LogP contribution in [-0.2, 0) is 0 Å². The molecule has 0 aromatic heterocycles. The Hall–Kier alpha value is -0.730. The zero-order valence-corrected chi connectivity index (χ0v) is 10.7. The first-order chi connectivity index (χ1) is 8.11. The van der Waals surface area contributed by atoms with Crippen molar-refractivity contribution in [2.24, 2.45) is 5.92 Å². The molecule has 17 heavy (non-hydrogen) atoms. The quantitative estimate of drug-likeness (QED) is 0.768. The Balaban J connectivity index is 2.21. The summed E-state index contributed by atoms with van der Waals surface area (Å²) in [4.78, 5) is 12.3. The molecule has 1 fully saturated rings.